The Morgan fingerprint density at radius 3 is 1.69 bits per heavy atom. The highest BCUT2D eigenvalue weighted by Gasteiger charge is 2.45. The van der Waals surface area contributed by atoms with Crippen LogP contribution in [0.1, 0.15) is 17.5 Å². The van der Waals surface area contributed by atoms with Gasteiger partial charge in [-0.2, -0.15) is 0 Å². The smallest absolute Gasteiger partial charge is 0.186 e. The third-order valence-corrected chi connectivity index (χ3v) is 9.33. The molecule has 4 rings (SSSR count). The lowest BCUT2D eigenvalue weighted by Crippen LogP contribution is -2.59. The van der Waals surface area contributed by atoms with E-state index in [-0.39, 0.29) is 49.1 Å². The van der Waals surface area contributed by atoms with E-state index in [4.69, 9.17) is 23.7 Å². The van der Waals surface area contributed by atoms with Crippen LogP contribution in [0.4, 0.5) is 0 Å². The van der Waals surface area contributed by atoms with Crippen molar-refractivity contribution in [2.24, 2.45) is 17.8 Å². The summed E-state index contributed by atoms with van der Waals surface area (Å²) in [6.07, 6.45) is -12.1. The SMILES string of the molecule is COc1cc(CC(COC2CC(CO)C(O)C(O)C2O)C(COC2OC(CO)C(O)C(O)C2O)Cc2ccc(O)c(OC)c2)ccc1O. The van der Waals surface area contributed by atoms with Crippen LogP contribution in [-0.2, 0) is 27.1 Å². The van der Waals surface area contributed by atoms with E-state index >= 15 is 0 Å². The standard InChI is InChI=1S/C33H48O15/c1-44-23-9-16(3-5-21(23)36)7-19(14-46-25-11-18(12-34)27(38)30(41)28(25)39)20(8-17-4-6-22(37)24(10-17)45-2)15-47-33-32(43)31(42)29(40)26(13-35)48-33/h3-6,9-10,18-20,25-43H,7-8,11-15H2,1-2H3. The molecular weight excluding hydrogens is 636 g/mol. The maximum Gasteiger partial charge on any atom is 0.186 e. The molecule has 0 spiro atoms. The Morgan fingerprint density at radius 1 is 0.667 bits per heavy atom. The van der Waals surface area contributed by atoms with Crippen LogP contribution in [0, 0.1) is 17.8 Å². The van der Waals surface area contributed by atoms with Crippen LogP contribution in [-0.4, -0.2) is 147 Å². The van der Waals surface area contributed by atoms with Gasteiger partial charge in [-0.25, -0.2) is 0 Å². The van der Waals surface area contributed by atoms with Crippen molar-refractivity contribution in [1.29, 1.82) is 0 Å². The Balaban J connectivity index is 1.66. The monoisotopic (exact) mass is 684 g/mol. The molecule has 48 heavy (non-hydrogen) atoms. The Morgan fingerprint density at radius 2 is 1.19 bits per heavy atom. The molecule has 1 heterocycles. The van der Waals surface area contributed by atoms with Crippen molar-refractivity contribution in [1.82, 2.24) is 0 Å². The molecule has 1 aliphatic carbocycles. The number of methoxy groups -OCH3 is 2. The first-order chi connectivity index (χ1) is 22.9. The molecule has 0 amide bonds. The van der Waals surface area contributed by atoms with Crippen molar-refractivity contribution in [3.05, 3.63) is 47.5 Å². The quantitative estimate of drug-likeness (QED) is 0.102. The van der Waals surface area contributed by atoms with Gasteiger partial charge in [-0.3, -0.25) is 0 Å². The summed E-state index contributed by atoms with van der Waals surface area (Å²) >= 11 is 0. The lowest BCUT2D eigenvalue weighted by atomic mass is 9.80. The number of hydrogen-bond acceptors (Lipinski definition) is 15. The molecule has 0 radical (unpaired) electrons. The van der Waals surface area contributed by atoms with E-state index in [1.165, 1.54) is 26.4 Å². The minimum absolute atomic E-state index is 0.0379. The summed E-state index contributed by atoms with van der Waals surface area (Å²) in [5, 5.41) is 102. The van der Waals surface area contributed by atoms with Crippen molar-refractivity contribution in [2.45, 2.75) is 74.4 Å². The van der Waals surface area contributed by atoms with Crippen LogP contribution in [0.5, 0.6) is 23.0 Å². The number of aliphatic hydroxyl groups excluding tert-OH is 8. The van der Waals surface area contributed by atoms with Crippen LogP contribution in [0.15, 0.2) is 36.4 Å². The Kier molecular flexibility index (Phi) is 13.6. The molecule has 2 aromatic rings. The average Bonchev–Trinajstić information content (AvgIpc) is 3.09. The van der Waals surface area contributed by atoms with Crippen LogP contribution in [0.3, 0.4) is 0 Å². The highest BCUT2D eigenvalue weighted by atomic mass is 16.7. The van der Waals surface area contributed by atoms with Gasteiger partial charge in [-0.05, 0) is 66.5 Å². The predicted molar refractivity (Wildman–Crippen MR) is 166 cm³/mol. The normalized spacial score (nSPS) is 32.0. The van der Waals surface area contributed by atoms with Gasteiger partial charge in [0.2, 0.25) is 0 Å². The van der Waals surface area contributed by atoms with Crippen LogP contribution in [0.2, 0.25) is 0 Å². The molecule has 10 N–H and O–H groups in total. The molecule has 15 nitrogen and oxygen atoms in total. The van der Waals surface area contributed by atoms with E-state index in [9.17, 15) is 51.1 Å². The van der Waals surface area contributed by atoms with Crippen molar-refractivity contribution in [3.63, 3.8) is 0 Å². The first-order valence-electron chi connectivity index (χ1n) is 15.8. The van der Waals surface area contributed by atoms with Crippen molar-refractivity contribution in [3.8, 4) is 23.0 Å². The van der Waals surface area contributed by atoms with E-state index in [2.05, 4.69) is 0 Å². The average molecular weight is 685 g/mol. The van der Waals surface area contributed by atoms with Crippen LogP contribution in [0.25, 0.3) is 0 Å². The van der Waals surface area contributed by atoms with Gasteiger partial charge in [0.05, 0.1) is 46.2 Å². The van der Waals surface area contributed by atoms with Gasteiger partial charge in [0.15, 0.2) is 29.3 Å². The molecule has 12 atom stereocenters. The maximum absolute atomic E-state index is 10.7. The zero-order valence-corrected chi connectivity index (χ0v) is 26.9. The van der Waals surface area contributed by atoms with Gasteiger partial charge in [0.25, 0.3) is 0 Å². The van der Waals surface area contributed by atoms with Crippen molar-refractivity contribution in [2.75, 3.05) is 40.6 Å². The number of benzene rings is 2. The van der Waals surface area contributed by atoms with Gasteiger partial charge in [-0.15, -0.1) is 0 Å². The Bertz CT molecular complexity index is 1190. The Hall–Kier alpha value is -2.80. The summed E-state index contributed by atoms with van der Waals surface area (Å²) in [6, 6.07) is 9.63. The van der Waals surface area contributed by atoms with Gasteiger partial charge < -0.3 is 74.7 Å². The van der Waals surface area contributed by atoms with E-state index in [0.717, 1.165) is 11.1 Å². The second-order valence-electron chi connectivity index (χ2n) is 12.5. The van der Waals surface area contributed by atoms with Crippen molar-refractivity contribution >= 4 is 0 Å². The maximum atomic E-state index is 10.7. The fraction of sp³-hybridized carbons (Fsp3) is 0.636. The largest absolute Gasteiger partial charge is 0.504 e. The highest BCUT2D eigenvalue weighted by molar-refractivity contribution is 5.43. The molecule has 270 valence electrons. The molecule has 1 saturated carbocycles. The molecule has 15 heteroatoms. The summed E-state index contributed by atoms with van der Waals surface area (Å²) in [5.74, 6) is -1.37. The van der Waals surface area contributed by atoms with Gasteiger partial charge >= 0.3 is 0 Å². The fourth-order valence-corrected chi connectivity index (χ4v) is 6.32. The third-order valence-electron chi connectivity index (χ3n) is 9.33. The number of phenolic OH excluding ortho intramolecular Hbond substituents is 2. The lowest BCUT2D eigenvalue weighted by molar-refractivity contribution is -0.304. The summed E-state index contributed by atoms with van der Waals surface area (Å²) in [4.78, 5) is 0. The molecule has 12 unspecified atom stereocenters. The van der Waals surface area contributed by atoms with E-state index < -0.39 is 86.1 Å². The third kappa shape index (κ3) is 8.86. The summed E-state index contributed by atoms with van der Waals surface area (Å²) in [6.45, 7) is -1.23. The first kappa shape index (κ1) is 38.0. The molecule has 0 bridgehead atoms. The zero-order valence-electron chi connectivity index (χ0n) is 26.9. The number of hydrogen-bond donors (Lipinski definition) is 10. The van der Waals surface area contributed by atoms with E-state index in [1.807, 2.05) is 0 Å². The van der Waals surface area contributed by atoms with E-state index in [1.54, 1.807) is 24.3 Å². The number of aliphatic hydroxyl groups is 8. The van der Waals surface area contributed by atoms with Crippen molar-refractivity contribution < 1.29 is 74.7 Å². The molecule has 2 aliphatic rings. The topological polar surface area (TPSA) is 248 Å². The minimum Gasteiger partial charge on any atom is -0.504 e. The number of rotatable bonds is 15. The molecule has 0 aromatic heterocycles. The van der Waals surface area contributed by atoms with E-state index in [0.29, 0.717) is 6.42 Å². The molecule has 1 aliphatic heterocycles. The van der Waals surface area contributed by atoms with Crippen LogP contribution < -0.4 is 9.47 Å². The summed E-state index contributed by atoms with van der Waals surface area (Å²) < 4.78 is 28.4. The zero-order chi connectivity index (χ0) is 35.1. The molecule has 2 fully saturated rings. The molecule has 2 aromatic carbocycles. The number of phenols is 2. The first-order valence-corrected chi connectivity index (χ1v) is 15.8. The molecular formula is C33H48O15. The van der Waals surface area contributed by atoms with Gasteiger partial charge in [0, 0.05) is 12.5 Å². The molecule has 1 saturated heterocycles. The highest BCUT2D eigenvalue weighted by Crippen LogP contribution is 2.34. The van der Waals surface area contributed by atoms with Gasteiger partial charge in [-0.1, -0.05) is 12.1 Å². The second-order valence-corrected chi connectivity index (χ2v) is 12.5. The lowest BCUT2D eigenvalue weighted by Gasteiger charge is -2.41. The fourth-order valence-electron chi connectivity index (χ4n) is 6.32. The number of aromatic hydroxyl groups is 2. The predicted octanol–water partition coefficient (Wildman–Crippen LogP) is -1.57. The summed E-state index contributed by atoms with van der Waals surface area (Å²) in [5.41, 5.74) is 1.45. The van der Waals surface area contributed by atoms with Crippen LogP contribution >= 0.6 is 0 Å². The minimum atomic E-state index is -1.65. The number of ether oxygens (including phenoxy) is 5. The van der Waals surface area contributed by atoms with Gasteiger partial charge in [0.1, 0.15) is 36.6 Å². The second kappa shape index (κ2) is 17.2. The Labute approximate surface area is 278 Å². The summed E-state index contributed by atoms with van der Waals surface area (Å²) in [7, 11) is 2.82.